The lowest BCUT2D eigenvalue weighted by molar-refractivity contribution is -0.131. The summed E-state index contributed by atoms with van der Waals surface area (Å²) >= 11 is 1.72. The number of unbranched alkanes of at least 4 members (excludes halogenated alkanes) is 3. The summed E-state index contributed by atoms with van der Waals surface area (Å²) in [5, 5.41) is 5.50. The van der Waals surface area contributed by atoms with Gasteiger partial charge in [-0.1, -0.05) is 38.7 Å². The fraction of sp³-hybridized carbons (Fsp3) is 0.688. The van der Waals surface area contributed by atoms with Crippen LogP contribution in [0.3, 0.4) is 0 Å². The van der Waals surface area contributed by atoms with E-state index < -0.39 is 0 Å². The van der Waals surface area contributed by atoms with Gasteiger partial charge in [0.25, 0.3) is 0 Å². The third-order valence-electron chi connectivity index (χ3n) is 4.07. The smallest absolute Gasteiger partial charge is 0.241 e. The lowest BCUT2D eigenvalue weighted by atomic mass is 10.1. The van der Waals surface area contributed by atoms with E-state index in [1.165, 1.54) is 30.6 Å². The Hall–Kier alpha value is -0.870. The van der Waals surface area contributed by atoms with Gasteiger partial charge >= 0.3 is 0 Å². The first-order valence-electron chi connectivity index (χ1n) is 7.76. The summed E-state index contributed by atoms with van der Waals surface area (Å²) in [5.74, 6) is 0.242. The zero-order valence-corrected chi connectivity index (χ0v) is 13.6. The quantitative estimate of drug-likeness (QED) is 0.773. The highest BCUT2D eigenvalue weighted by atomic mass is 32.1. The van der Waals surface area contributed by atoms with Crippen LogP contribution in [0.5, 0.6) is 0 Å². The van der Waals surface area contributed by atoms with Crippen molar-refractivity contribution in [2.75, 3.05) is 0 Å². The molecule has 20 heavy (non-hydrogen) atoms. The number of hydrogen-bond donors (Lipinski definition) is 1. The molecule has 1 aromatic heterocycles. The molecule has 2 heterocycles. The predicted octanol–water partition coefficient (Wildman–Crippen LogP) is 3.93. The molecular weight excluding hydrogens is 268 g/mol. The largest absolute Gasteiger partial charge is 0.318 e. The maximum absolute atomic E-state index is 12.4. The van der Waals surface area contributed by atoms with Crippen LogP contribution in [0.1, 0.15) is 63.9 Å². The minimum Gasteiger partial charge on any atom is -0.318 e. The summed E-state index contributed by atoms with van der Waals surface area (Å²) < 4.78 is 0. The summed E-state index contributed by atoms with van der Waals surface area (Å²) in [5.41, 5.74) is 0. The SMILES string of the molecule is CCCCCCC(C)N1C(=O)C(C)NC1c1cccs1. The van der Waals surface area contributed by atoms with Crippen LogP contribution in [0.2, 0.25) is 0 Å². The zero-order chi connectivity index (χ0) is 14.5. The van der Waals surface area contributed by atoms with Crippen LogP contribution in [0, 0.1) is 0 Å². The van der Waals surface area contributed by atoms with Gasteiger partial charge in [0.1, 0.15) is 6.17 Å². The van der Waals surface area contributed by atoms with Gasteiger partial charge < -0.3 is 4.90 Å². The van der Waals surface area contributed by atoms with Gasteiger partial charge in [0, 0.05) is 10.9 Å². The molecule has 3 unspecified atom stereocenters. The van der Waals surface area contributed by atoms with Gasteiger partial charge in [-0.25, -0.2) is 0 Å². The van der Waals surface area contributed by atoms with Crippen molar-refractivity contribution in [2.45, 2.75) is 71.1 Å². The van der Waals surface area contributed by atoms with E-state index in [0.29, 0.717) is 6.04 Å². The first kappa shape index (κ1) is 15.5. The maximum Gasteiger partial charge on any atom is 0.241 e. The van der Waals surface area contributed by atoms with Gasteiger partial charge in [-0.2, -0.15) is 0 Å². The Morgan fingerprint density at radius 2 is 2.20 bits per heavy atom. The summed E-state index contributed by atoms with van der Waals surface area (Å²) in [6, 6.07) is 4.41. The van der Waals surface area contributed by atoms with E-state index in [9.17, 15) is 4.79 Å². The Morgan fingerprint density at radius 1 is 1.40 bits per heavy atom. The van der Waals surface area contributed by atoms with Crippen molar-refractivity contribution in [1.29, 1.82) is 0 Å². The Labute approximate surface area is 126 Å². The molecule has 1 amide bonds. The van der Waals surface area contributed by atoms with Gasteiger partial charge in [0.15, 0.2) is 0 Å². The molecule has 2 rings (SSSR count). The number of carbonyl (C=O) groups is 1. The van der Waals surface area contributed by atoms with Crippen LogP contribution in [0.25, 0.3) is 0 Å². The maximum atomic E-state index is 12.4. The van der Waals surface area contributed by atoms with Crippen LogP contribution in [0.15, 0.2) is 17.5 Å². The molecule has 0 saturated carbocycles. The first-order valence-corrected chi connectivity index (χ1v) is 8.64. The summed E-state index contributed by atoms with van der Waals surface area (Å²) in [6.45, 7) is 6.38. The second kappa shape index (κ2) is 7.23. The lowest BCUT2D eigenvalue weighted by Crippen LogP contribution is -2.38. The molecule has 4 heteroatoms. The topological polar surface area (TPSA) is 32.3 Å². The van der Waals surface area contributed by atoms with Gasteiger partial charge in [-0.3, -0.25) is 10.1 Å². The van der Waals surface area contributed by atoms with Gasteiger partial charge in [-0.05, 0) is 31.7 Å². The molecule has 0 aliphatic carbocycles. The van der Waals surface area contributed by atoms with Crippen LogP contribution in [-0.2, 0) is 4.79 Å². The second-order valence-electron chi connectivity index (χ2n) is 5.75. The molecular formula is C16H26N2OS. The molecule has 0 bridgehead atoms. The zero-order valence-electron chi connectivity index (χ0n) is 12.8. The predicted molar refractivity (Wildman–Crippen MR) is 84.7 cm³/mol. The number of hydrogen-bond acceptors (Lipinski definition) is 3. The Balaban J connectivity index is 2.00. The van der Waals surface area contributed by atoms with Crippen LogP contribution in [0.4, 0.5) is 0 Å². The van der Waals surface area contributed by atoms with E-state index in [1.807, 2.05) is 6.92 Å². The molecule has 0 aromatic carbocycles. The summed E-state index contributed by atoms with van der Waals surface area (Å²) in [4.78, 5) is 15.7. The standard InChI is InChI=1S/C16H26N2OS/c1-4-5-6-7-9-12(2)18-15(14-10-8-11-20-14)17-13(3)16(18)19/h8,10-13,15,17H,4-7,9H2,1-3H3. The molecule has 112 valence electrons. The summed E-state index contributed by atoms with van der Waals surface area (Å²) in [6.07, 6.45) is 6.21. The first-order chi connectivity index (χ1) is 9.65. The monoisotopic (exact) mass is 294 g/mol. The van der Waals surface area contributed by atoms with E-state index in [-0.39, 0.29) is 18.1 Å². The number of nitrogens with one attached hydrogen (secondary N) is 1. The van der Waals surface area contributed by atoms with Crippen molar-refractivity contribution in [2.24, 2.45) is 0 Å². The Morgan fingerprint density at radius 3 is 2.85 bits per heavy atom. The lowest BCUT2D eigenvalue weighted by Gasteiger charge is -2.30. The molecule has 1 aliphatic heterocycles. The summed E-state index contributed by atoms with van der Waals surface area (Å²) in [7, 11) is 0. The van der Waals surface area contributed by atoms with Gasteiger partial charge in [0.05, 0.1) is 6.04 Å². The van der Waals surface area contributed by atoms with E-state index in [2.05, 4.69) is 41.6 Å². The van der Waals surface area contributed by atoms with E-state index in [4.69, 9.17) is 0 Å². The number of thiophene rings is 1. The molecule has 1 aromatic rings. The molecule has 1 N–H and O–H groups in total. The number of rotatable bonds is 7. The van der Waals surface area contributed by atoms with E-state index >= 15 is 0 Å². The number of amides is 1. The third kappa shape index (κ3) is 3.41. The van der Waals surface area contributed by atoms with Crippen molar-refractivity contribution in [3.8, 4) is 0 Å². The Kier molecular flexibility index (Phi) is 5.61. The van der Waals surface area contributed by atoms with E-state index in [0.717, 1.165) is 6.42 Å². The minimum absolute atomic E-state index is 0.0682. The molecule has 3 nitrogen and oxygen atoms in total. The fourth-order valence-electron chi connectivity index (χ4n) is 2.88. The highest BCUT2D eigenvalue weighted by molar-refractivity contribution is 7.10. The molecule has 1 fully saturated rings. The Bertz CT molecular complexity index is 418. The van der Waals surface area contributed by atoms with Crippen molar-refractivity contribution in [1.82, 2.24) is 10.2 Å². The van der Waals surface area contributed by atoms with Gasteiger partial charge in [-0.15, -0.1) is 11.3 Å². The fourth-order valence-corrected chi connectivity index (χ4v) is 3.66. The van der Waals surface area contributed by atoms with E-state index in [1.54, 1.807) is 11.3 Å². The normalized spacial score (nSPS) is 24.4. The van der Waals surface area contributed by atoms with Crippen molar-refractivity contribution < 1.29 is 4.79 Å². The average Bonchev–Trinajstić information content (AvgIpc) is 3.04. The molecule has 3 atom stereocenters. The van der Waals surface area contributed by atoms with Crippen LogP contribution in [-0.4, -0.2) is 22.9 Å². The van der Waals surface area contributed by atoms with Crippen molar-refractivity contribution >= 4 is 17.2 Å². The molecule has 1 saturated heterocycles. The van der Waals surface area contributed by atoms with Crippen LogP contribution < -0.4 is 5.32 Å². The van der Waals surface area contributed by atoms with Crippen molar-refractivity contribution in [3.63, 3.8) is 0 Å². The molecule has 1 aliphatic rings. The van der Waals surface area contributed by atoms with Crippen molar-refractivity contribution in [3.05, 3.63) is 22.4 Å². The van der Waals surface area contributed by atoms with Crippen LogP contribution >= 0.6 is 11.3 Å². The van der Waals surface area contributed by atoms with Gasteiger partial charge in [0.2, 0.25) is 5.91 Å². The minimum atomic E-state index is -0.0693. The third-order valence-corrected chi connectivity index (χ3v) is 5.00. The highest BCUT2D eigenvalue weighted by Gasteiger charge is 2.39. The highest BCUT2D eigenvalue weighted by Crippen LogP contribution is 2.31. The number of nitrogens with zero attached hydrogens (tertiary/aromatic N) is 1. The second-order valence-corrected chi connectivity index (χ2v) is 6.73. The molecule has 0 radical (unpaired) electrons. The average molecular weight is 294 g/mol. The molecule has 0 spiro atoms. The number of carbonyl (C=O) groups excluding carboxylic acids is 1.